The average Bonchev–Trinajstić information content (AvgIpc) is 2.98. The van der Waals surface area contributed by atoms with Crippen LogP contribution in [0, 0.1) is 0 Å². The summed E-state index contributed by atoms with van der Waals surface area (Å²) in [6.45, 7) is 3.82. The van der Waals surface area contributed by atoms with Gasteiger partial charge in [0.1, 0.15) is 0 Å². The highest BCUT2D eigenvalue weighted by Gasteiger charge is 2.19. The van der Waals surface area contributed by atoms with Crippen LogP contribution < -0.4 is 5.32 Å². The summed E-state index contributed by atoms with van der Waals surface area (Å²) in [6.07, 6.45) is 3.44. The Morgan fingerprint density at radius 2 is 2.20 bits per heavy atom. The van der Waals surface area contributed by atoms with Gasteiger partial charge in [-0.2, -0.15) is 0 Å². The van der Waals surface area contributed by atoms with E-state index in [1.165, 1.54) is 11.1 Å². The quantitative estimate of drug-likeness (QED) is 0.901. The molecular formula is C16H22N2O2. The van der Waals surface area contributed by atoms with E-state index in [1.807, 2.05) is 0 Å². The SMILES string of the molecule is O=C(CN1CCc2ccccc2C1)NC[C@H]1CCCO1. The summed E-state index contributed by atoms with van der Waals surface area (Å²) in [7, 11) is 0. The maximum atomic E-state index is 12.0. The lowest BCUT2D eigenvalue weighted by Crippen LogP contribution is -2.41. The molecule has 2 aliphatic heterocycles. The Balaban J connectivity index is 1.45. The Bertz CT molecular complexity index is 469. The van der Waals surface area contributed by atoms with Crippen molar-refractivity contribution in [1.29, 1.82) is 0 Å². The van der Waals surface area contributed by atoms with Crippen LogP contribution in [0.5, 0.6) is 0 Å². The molecular weight excluding hydrogens is 252 g/mol. The lowest BCUT2D eigenvalue weighted by atomic mass is 10.00. The van der Waals surface area contributed by atoms with Crippen LogP contribution in [0.1, 0.15) is 24.0 Å². The first kappa shape index (κ1) is 13.6. The molecule has 0 radical (unpaired) electrons. The molecule has 4 nitrogen and oxygen atoms in total. The molecule has 0 spiro atoms. The summed E-state index contributed by atoms with van der Waals surface area (Å²) in [5, 5.41) is 2.99. The van der Waals surface area contributed by atoms with Gasteiger partial charge < -0.3 is 10.1 Å². The van der Waals surface area contributed by atoms with Crippen molar-refractivity contribution < 1.29 is 9.53 Å². The number of nitrogens with zero attached hydrogens (tertiary/aromatic N) is 1. The van der Waals surface area contributed by atoms with Gasteiger partial charge in [0, 0.05) is 26.2 Å². The van der Waals surface area contributed by atoms with Crippen LogP contribution >= 0.6 is 0 Å². The van der Waals surface area contributed by atoms with E-state index in [1.54, 1.807) is 0 Å². The first-order valence-electron chi connectivity index (χ1n) is 7.49. The highest BCUT2D eigenvalue weighted by molar-refractivity contribution is 5.78. The maximum absolute atomic E-state index is 12.0. The van der Waals surface area contributed by atoms with Gasteiger partial charge in [-0.1, -0.05) is 24.3 Å². The average molecular weight is 274 g/mol. The molecule has 0 aliphatic carbocycles. The van der Waals surface area contributed by atoms with E-state index in [-0.39, 0.29) is 12.0 Å². The number of hydrogen-bond donors (Lipinski definition) is 1. The first-order valence-corrected chi connectivity index (χ1v) is 7.49. The van der Waals surface area contributed by atoms with Gasteiger partial charge in [0.05, 0.1) is 12.6 Å². The van der Waals surface area contributed by atoms with E-state index in [2.05, 4.69) is 34.5 Å². The Hall–Kier alpha value is -1.39. The van der Waals surface area contributed by atoms with Crippen molar-refractivity contribution in [3.63, 3.8) is 0 Å². The molecule has 20 heavy (non-hydrogen) atoms. The highest BCUT2D eigenvalue weighted by atomic mass is 16.5. The lowest BCUT2D eigenvalue weighted by Gasteiger charge is -2.28. The molecule has 2 heterocycles. The summed E-state index contributed by atoms with van der Waals surface area (Å²) in [5.74, 6) is 0.111. The molecule has 2 aliphatic rings. The maximum Gasteiger partial charge on any atom is 0.234 e. The second kappa shape index (κ2) is 6.37. The Morgan fingerprint density at radius 1 is 1.35 bits per heavy atom. The number of amides is 1. The van der Waals surface area contributed by atoms with Crippen molar-refractivity contribution in [2.45, 2.75) is 31.9 Å². The largest absolute Gasteiger partial charge is 0.376 e. The number of carbonyl (C=O) groups is 1. The monoisotopic (exact) mass is 274 g/mol. The number of benzene rings is 1. The van der Waals surface area contributed by atoms with Crippen LogP contribution in [-0.2, 0) is 22.5 Å². The number of rotatable bonds is 4. The van der Waals surface area contributed by atoms with Crippen LogP contribution in [0.2, 0.25) is 0 Å². The minimum atomic E-state index is 0.111. The van der Waals surface area contributed by atoms with Gasteiger partial charge in [-0.3, -0.25) is 9.69 Å². The van der Waals surface area contributed by atoms with Crippen LogP contribution in [0.15, 0.2) is 24.3 Å². The van der Waals surface area contributed by atoms with E-state index >= 15 is 0 Å². The molecule has 0 unspecified atom stereocenters. The lowest BCUT2D eigenvalue weighted by molar-refractivity contribution is -0.123. The van der Waals surface area contributed by atoms with E-state index in [4.69, 9.17) is 4.74 Å². The Labute approximate surface area is 120 Å². The third-order valence-corrected chi connectivity index (χ3v) is 4.13. The topological polar surface area (TPSA) is 41.6 Å². The van der Waals surface area contributed by atoms with Gasteiger partial charge in [0.25, 0.3) is 0 Å². The van der Waals surface area contributed by atoms with E-state index < -0.39 is 0 Å². The predicted molar refractivity (Wildman–Crippen MR) is 77.4 cm³/mol. The normalized spacial score (nSPS) is 22.5. The van der Waals surface area contributed by atoms with Crippen LogP contribution in [0.3, 0.4) is 0 Å². The minimum absolute atomic E-state index is 0.111. The predicted octanol–water partition coefficient (Wildman–Crippen LogP) is 1.34. The molecule has 0 aromatic heterocycles. The fourth-order valence-corrected chi connectivity index (χ4v) is 2.98. The second-order valence-corrected chi connectivity index (χ2v) is 5.67. The number of ether oxygens (including phenoxy) is 1. The molecule has 1 saturated heterocycles. The summed E-state index contributed by atoms with van der Waals surface area (Å²) in [4.78, 5) is 14.2. The zero-order valence-corrected chi connectivity index (χ0v) is 11.8. The van der Waals surface area contributed by atoms with Gasteiger partial charge in [-0.25, -0.2) is 0 Å². The highest BCUT2D eigenvalue weighted by Crippen LogP contribution is 2.18. The molecule has 1 amide bonds. The molecule has 1 N–H and O–H groups in total. The van der Waals surface area contributed by atoms with Gasteiger partial charge >= 0.3 is 0 Å². The summed E-state index contributed by atoms with van der Waals surface area (Å²) in [5.41, 5.74) is 2.77. The van der Waals surface area contributed by atoms with Crippen LogP contribution in [0.25, 0.3) is 0 Å². The molecule has 108 valence electrons. The number of nitrogens with one attached hydrogen (secondary N) is 1. The van der Waals surface area contributed by atoms with Crippen LogP contribution in [0.4, 0.5) is 0 Å². The fraction of sp³-hybridized carbons (Fsp3) is 0.562. The number of fused-ring (bicyclic) bond motifs is 1. The van der Waals surface area contributed by atoms with E-state index in [0.29, 0.717) is 13.1 Å². The fourth-order valence-electron chi connectivity index (χ4n) is 2.98. The zero-order valence-electron chi connectivity index (χ0n) is 11.8. The summed E-state index contributed by atoms with van der Waals surface area (Å²) < 4.78 is 5.51. The van der Waals surface area contributed by atoms with Gasteiger partial charge in [0.15, 0.2) is 0 Å². The molecule has 0 saturated carbocycles. The first-order chi connectivity index (χ1) is 9.81. The summed E-state index contributed by atoms with van der Waals surface area (Å²) >= 11 is 0. The zero-order chi connectivity index (χ0) is 13.8. The van der Waals surface area contributed by atoms with Crippen LogP contribution in [-0.4, -0.2) is 43.2 Å². The molecule has 0 bridgehead atoms. The van der Waals surface area contributed by atoms with E-state index in [9.17, 15) is 4.79 Å². The molecule has 1 fully saturated rings. The molecule has 3 rings (SSSR count). The third kappa shape index (κ3) is 3.38. The number of carbonyl (C=O) groups excluding carboxylic acids is 1. The number of hydrogen-bond acceptors (Lipinski definition) is 3. The van der Waals surface area contributed by atoms with Gasteiger partial charge in [-0.05, 0) is 30.4 Å². The van der Waals surface area contributed by atoms with Gasteiger partial charge in [-0.15, -0.1) is 0 Å². The Kier molecular flexibility index (Phi) is 4.33. The minimum Gasteiger partial charge on any atom is -0.376 e. The van der Waals surface area contributed by atoms with Crippen molar-refractivity contribution >= 4 is 5.91 Å². The van der Waals surface area contributed by atoms with Crippen molar-refractivity contribution in [2.75, 3.05) is 26.2 Å². The molecule has 1 aromatic carbocycles. The molecule has 4 heteroatoms. The van der Waals surface area contributed by atoms with E-state index in [0.717, 1.165) is 39.0 Å². The van der Waals surface area contributed by atoms with Crippen molar-refractivity contribution in [3.05, 3.63) is 35.4 Å². The molecule has 1 atom stereocenters. The molecule has 1 aromatic rings. The van der Waals surface area contributed by atoms with Crippen molar-refractivity contribution in [3.8, 4) is 0 Å². The standard InChI is InChI=1S/C16H22N2O2/c19-16(17-10-15-6-3-9-20-15)12-18-8-7-13-4-1-2-5-14(13)11-18/h1-2,4-5,15H,3,6-12H2,(H,17,19)/t15-/m1/s1. The summed E-state index contributed by atoms with van der Waals surface area (Å²) in [6, 6.07) is 8.50. The smallest absolute Gasteiger partial charge is 0.234 e. The Morgan fingerprint density at radius 3 is 3.00 bits per heavy atom. The third-order valence-electron chi connectivity index (χ3n) is 4.13. The van der Waals surface area contributed by atoms with Gasteiger partial charge in [0.2, 0.25) is 5.91 Å². The second-order valence-electron chi connectivity index (χ2n) is 5.67. The van der Waals surface area contributed by atoms with Crippen molar-refractivity contribution in [1.82, 2.24) is 10.2 Å². The van der Waals surface area contributed by atoms with Crippen molar-refractivity contribution in [2.24, 2.45) is 0 Å².